The zero-order valence-corrected chi connectivity index (χ0v) is 15.1. The number of halogens is 1. The van der Waals surface area contributed by atoms with Gasteiger partial charge in [0.25, 0.3) is 0 Å². The van der Waals surface area contributed by atoms with Crippen LogP contribution in [0.3, 0.4) is 0 Å². The van der Waals surface area contributed by atoms with Gasteiger partial charge in [0.1, 0.15) is 17.5 Å². The molecule has 0 saturated carbocycles. The Kier molecular flexibility index (Phi) is 4.67. The van der Waals surface area contributed by atoms with Crippen LogP contribution in [0.2, 0.25) is 0 Å². The molecule has 0 radical (unpaired) electrons. The molecule has 4 rings (SSSR count). The standard InChI is InChI=1S/C20H18FN7/c1-12(13-2-4-15(21)5-3-13)17-18(14-6-7-23-10-14)27-20(22)28-19(17)26-16-11-24-8-9-25-16/h2-12,23H,1H3,(H3,22,25,26,27,28). The summed E-state index contributed by atoms with van der Waals surface area (Å²) in [7, 11) is 0. The predicted octanol–water partition coefficient (Wildman–Crippen LogP) is 3.88. The first-order valence-electron chi connectivity index (χ1n) is 8.71. The van der Waals surface area contributed by atoms with Crippen LogP contribution in [0.5, 0.6) is 0 Å². The van der Waals surface area contributed by atoms with E-state index >= 15 is 0 Å². The number of H-pyrrole nitrogens is 1. The van der Waals surface area contributed by atoms with Crippen LogP contribution in [0.1, 0.15) is 24.0 Å². The molecule has 0 amide bonds. The van der Waals surface area contributed by atoms with Gasteiger partial charge in [-0.2, -0.15) is 4.98 Å². The summed E-state index contributed by atoms with van der Waals surface area (Å²) >= 11 is 0. The minimum Gasteiger partial charge on any atom is -0.368 e. The van der Waals surface area contributed by atoms with E-state index in [1.807, 2.05) is 25.4 Å². The maximum atomic E-state index is 13.4. The molecule has 0 aliphatic rings. The van der Waals surface area contributed by atoms with Gasteiger partial charge in [0, 0.05) is 41.8 Å². The Morgan fingerprint density at radius 2 is 1.93 bits per heavy atom. The second-order valence-electron chi connectivity index (χ2n) is 6.28. The molecule has 1 atom stereocenters. The summed E-state index contributed by atoms with van der Waals surface area (Å²) < 4.78 is 13.4. The first kappa shape index (κ1) is 17.6. The number of rotatable bonds is 5. The number of nitrogens with two attached hydrogens (primary N) is 1. The molecule has 7 nitrogen and oxygen atoms in total. The minimum atomic E-state index is -0.284. The molecular formula is C20H18FN7. The second kappa shape index (κ2) is 7.43. The summed E-state index contributed by atoms with van der Waals surface area (Å²) in [6, 6.07) is 8.30. The smallest absolute Gasteiger partial charge is 0.222 e. The van der Waals surface area contributed by atoms with Crippen molar-refractivity contribution in [1.82, 2.24) is 24.9 Å². The predicted molar refractivity (Wildman–Crippen MR) is 105 cm³/mol. The van der Waals surface area contributed by atoms with Gasteiger partial charge >= 0.3 is 0 Å². The van der Waals surface area contributed by atoms with Gasteiger partial charge in [0.15, 0.2) is 0 Å². The summed E-state index contributed by atoms with van der Waals surface area (Å²) in [5.74, 6) is 0.783. The molecular weight excluding hydrogens is 357 g/mol. The van der Waals surface area contributed by atoms with Crippen LogP contribution in [0.4, 0.5) is 22.0 Å². The molecule has 0 spiro atoms. The Bertz CT molecular complexity index is 1060. The minimum absolute atomic E-state index is 0.134. The van der Waals surface area contributed by atoms with Crippen molar-refractivity contribution < 1.29 is 4.39 Å². The molecule has 1 aromatic carbocycles. The number of nitrogens with one attached hydrogen (secondary N) is 2. The van der Waals surface area contributed by atoms with E-state index in [2.05, 4.69) is 30.2 Å². The van der Waals surface area contributed by atoms with Crippen LogP contribution < -0.4 is 11.1 Å². The van der Waals surface area contributed by atoms with Crippen molar-refractivity contribution >= 4 is 17.6 Å². The third-order valence-corrected chi connectivity index (χ3v) is 4.45. The van der Waals surface area contributed by atoms with E-state index in [0.717, 1.165) is 16.7 Å². The van der Waals surface area contributed by atoms with Gasteiger partial charge in [0.2, 0.25) is 5.95 Å². The maximum Gasteiger partial charge on any atom is 0.222 e. The summed E-state index contributed by atoms with van der Waals surface area (Å²) in [6.07, 6.45) is 8.43. The fourth-order valence-corrected chi connectivity index (χ4v) is 3.09. The highest BCUT2D eigenvalue weighted by Gasteiger charge is 2.22. The van der Waals surface area contributed by atoms with Crippen molar-refractivity contribution in [1.29, 1.82) is 0 Å². The zero-order valence-electron chi connectivity index (χ0n) is 15.1. The van der Waals surface area contributed by atoms with Crippen LogP contribution >= 0.6 is 0 Å². The van der Waals surface area contributed by atoms with Gasteiger partial charge in [0.05, 0.1) is 11.9 Å². The van der Waals surface area contributed by atoms with Crippen molar-refractivity contribution in [3.8, 4) is 11.3 Å². The quantitative estimate of drug-likeness (QED) is 0.489. The number of aromatic nitrogens is 5. The molecule has 140 valence electrons. The van der Waals surface area contributed by atoms with E-state index in [-0.39, 0.29) is 17.7 Å². The summed E-state index contributed by atoms with van der Waals surface area (Å²) in [5, 5.41) is 3.19. The molecule has 0 fully saturated rings. The molecule has 3 heterocycles. The fraction of sp³-hybridized carbons (Fsp3) is 0.100. The van der Waals surface area contributed by atoms with Crippen LogP contribution in [-0.4, -0.2) is 24.9 Å². The molecule has 0 aliphatic carbocycles. The third kappa shape index (κ3) is 3.52. The number of aromatic amines is 1. The average molecular weight is 375 g/mol. The van der Waals surface area contributed by atoms with Gasteiger partial charge in [-0.15, -0.1) is 0 Å². The third-order valence-electron chi connectivity index (χ3n) is 4.45. The highest BCUT2D eigenvalue weighted by molar-refractivity contribution is 5.73. The van der Waals surface area contributed by atoms with E-state index < -0.39 is 0 Å². The highest BCUT2D eigenvalue weighted by atomic mass is 19.1. The number of nitrogens with zero attached hydrogens (tertiary/aromatic N) is 4. The molecule has 4 N–H and O–H groups in total. The number of nitrogen functional groups attached to an aromatic ring is 1. The molecule has 28 heavy (non-hydrogen) atoms. The fourth-order valence-electron chi connectivity index (χ4n) is 3.09. The van der Waals surface area contributed by atoms with Gasteiger partial charge in [-0.3, -0.25) is 4.98 Å². The van der Waals surface area contributed by atoms with Crippen molar-refractivity contribution in [2.75, 3.05) is 11.1 Å². The Morgan fingerprint density at radius 1 is 1.11 bits per heavy atom. The number of benzene rings is 1. The summed E-state index contributed by atoms with van der Waals surface area (Å²) in [4.78, 5) is 20.2. The lowest BCUT2D eigenvalue weighted by molar-refractivity contribution is 0.626. The Labute approximate surface area is 160 Å². The molecule has 3 aromatic heterocycles. The summed E-state index contributed by atoms with van der Waals surface area (Å²) in [6.45, 7) is 2.01. The topological polar surface area (TPSA) is 105 Å². The molecule has 4 aromatic rings. The second-order valence-corrected chi connectivity index (χ2v) is 6.28. The van der Waals surface area contributed by atoms with Crippen LogP contribution in [0, 0.1) is 5.82 Å². The van der Waals surface area contributed by atoms with E-state index in [0.29, 0.717) is 17.3 Å². The van der Waals surface area contributed by atoms with Gasteiger partial charge in [-0.05, 0) is 23.8 Å². The average Bonchev–Trinajstić information content (AvgIpc) is 3.23. The van der Waals surface area contributed by atoms with Crippen molar-refractivity contribution in [2.24, 2.45) is 0 Å². The van der Waals surface area contributed by atoms with Gasteiger partial charge in [-0.25, -0.2) is 14.4 Å². The number of hydrogen-bond donors (Lipinski definition) is 3. The van der Waals surface area contributed by atoms with E-state index in [4.69, 9.17) is 5.73 Å². The monoisotopic (exact) mass is 375 g/mol. The summed E-state index contributed by atoms with van der Waals surface area (Å²) in [5.41, 5.74) is 9.31. The van der Waals surface area contributed by atoms with E-state index in [1.54, 1.807) is 30.7 Å². The lowest BCUT2D eigenvalue weighted by Crippen LogP contribution is -2.11. The highest BCUT2D eigenvalue weighted by Crippen LogP contribution is 2.37. The Balaban J connectivity index is 1.88. The molecule has 1 unspecified atom stereocenters. The van der Waals surface area contributed by atoms with Crippen molar-refractivity contribution in [3.63, 3.8) is 0 Å². The van der Waals surface area contributed by atoms with Crippen molar-refractivity contribution in [2.45, 2.75) is 12.8 Å². The first-order chi connectivity index (χ1) is 13.6. The zero-order chi connectivity index (χ0) is 19.5. The van der Waals surface area contributed by atoms with Gasteiger partial charge < -0.3 is 16.0 Å². The van der Waals surface area contributed by atoms with Crippen LogP contribution in [-0.2, 0) is 0 Å². The largest absolute Gasteiger partial charge is 0.368 e. The lowest BCUT2D eigenvalue weighted by atomic mass is 9.90. The van der Waals surface area contributed by atoms with E-state index in [1.165, 1.54) is 12.1 Å². The Morgan fingerprint density at radius 3 is 2.61 bits per heavy atom. The maximum absolute atomic E-state index is 13.4. The normalized spacial score (nSPS) is 11.9. The molecule has 0 saturated heterocycles. The number of hydrogen-bond acceptors (Lipinski definition) is 6. The lowest BCUT2D eigenvalue weighted by Gasteiger charge is -2.20. The SMILES string of the molecule is CC(c1ccc(F)cc1)c1c(Nc2cnccn2)nc(N)nc1-c1cc[nH]c1. The molecule has 8 heteroatoms. The van der Waals surface area contributed by atoms with Crippen LogP contribution in [0.15, 0.2) is 61.3 Å². The van der Waals surface area contributed by atoms with Crippen LogP contribution in [0.25, 0.3) is 11.3 Å². The molecule has 0 bridgehead atoms. The Hall–Kier alpha value is -3.81. The first-order valence-corrected chi connectivity index (χ1v) is 8.71. The van der Waals surface area contributed by atoms with E-state index in [9.17, 15) is 4.39 Å². The van der Waals surface area contributed by atoms with Crippen molar-refractivity contribution in [3.05, 3.63) is 78.3 Å². The molecule has 0 aliphatic heterocycles. The van der Waals surface area contributed by atoms with Gasteiger partial charge in [-0.1, -0.05) is 19.1 Å². The number of anilines is 3.